The molecule has 0 saturated carbocycles. The van der Waals surface area contributed by atoms with E-state index < -0.39 is 18.5 Å². The lowest BCUT2D eigenvalue weighted by atomic mass is 10.1. The minimum absolute atomic E-state index is 0.0350. The summed E-state index contributed by atoms with van der Waals surface area (Å²) in [5.41, 5.74) is 3.05. The van der Waals surface area contributed by atoms with Crippen molar-refractivity contribution < 1.29 is 19.1 Å². The lowest BCUT2D eigenvalue weighted by Crippen LogP contribution is -2.22. The fourth-order valence-corrected chi connectivity index (χ4v) is 3.15. The van der Waals surface area contributed by atoms with Crippen molar-refractivity contribution in [2.75, 3.05) is 17.2 Å². The van der Waals surface area contributed by atoms with E-state index >= 15 is 0 Å². The second-order valence-corrected chi connectivity index (χ2v) is 7.47. The van der Waals surface area contributed by atoms with E-state index in [0.717, 1.165) is 21.3 Å². The van der Waals surface area contributed by atoms with E-state index in [2.05, 4.69) is 26.6 Å². The van der Waals surface area contributed by atoms with Crippen molar-refractivity contribution in [2.24, 2.45) is 0 Å². The third kappa shape index (κ3) is 6.65. The molecule has 6 nitrogen and oxygen atoms in total. The van der Waals surface area contributed by atoms with Crippen LogP contribution in [0.15, 0.2) is 40.9 Å². The summed E-state index contributed by atoms with van der Waals surface area (Å²) in [6, 6.07) is 10.7. The fraction of sp³-hybridized carbons (Fsp3) is 0.250. The van der Waals surface area contributed by atoms with Crippen LogP contribution >= 0.6 is 27.5 Å². The minimum Gasteiger partial charge on any atom is -0.456 e. The van der Waals surface area contributed by atoms with Gasteiger partial charge in [0.25, 0.3) is 5.91 Å². The number of para-hydroxylation sites is 1. The highest BCUT2D eigenvalue weighted by molar-refractivity contribution is 9.10. The van der Waals surface area contributed by atoms with Gasteiger partial charge < -0.3 is 15.4 Å². The van der Waals surface area contributed by atoms with Crippen molar-refractivity contribution >= 4 is 56.7 Å². The number of carbonyl (C=O) groups is 3. The van der Waals surface area contributed by atoms with Crippen molar-refractivity contribution in [3.8, 4) is 0 Å². The Morgan fingerprint density at radius 3 is 2.32 bits per heavy atom. The number of aryl methyl sites for hydroxylation is 2. The van der Waals surface area contributed by atoms with E-state index in [1.54, 1.807) is 18.2 Å². The molecule has 0 aromatic heterocycles. The molecular weight excluding hydrogens is 448 g/mol. The highest BCUT2D eigenvalue weighted by Crippen LogP contribution is 2.25. The maximum absolute atomic E-state index is 12.0. The number of hydrogen-bond acceptors (Lipinski definition) is 4. The van der Waals surface area contributed by atoms with E-state index in [-0.39, 0.29) is 18.7 Å². The van der Waals surface area contributed by atoms with Gasteiger partial charge in [0.1, 0.15) is 0 Å². The smallest absolute Gasteiger partial charge is 0.306 e. The maximum Gasteiger partial charge on any atom is 0.306 e. The Hall–Kier alpha value is -2.38. The molecule has 0 saturated heterocycles. The Morgan fingerprint density at radius 1 is 1.00 bits per heavy atom. The Balaban J connectivity index is 1.74. The summed E-state index contributed by atoms with van der Waals surface area (Å²) < 4.78 is 5.68. The SMILES string of the molecule is Cc1cccc(C)c1NC(=O)CCC(=O)OCC(=O)Nc1ccc(Br)cc1Cl. The standard InChI is InChI=1S/C20H20BrClN2O4/c1-12-4-3-5-13(2)20(12)24-17(25)8-9-19(27)28-11-18(26)23-16-7-6-14(21)10-15(16)22/h3-7,10H,8-9,11H2,1-2H3,(H,23,26)(H,24,25). The number of rotatable bonds is 7. The molecule has 148 valence electrons. The molecule has 0 heterocycles. The highest BCUT2D eigenvalue weighted by Gasteiger charge is 2.13. The molecule has 0 fully saturated rings. The summed E-state index contributed by atoms with van der Waals surface area (Å²) in [7, 11) is 0. The predicted molar refractivity (Wildman–Crippen MR) is 113 cm³/mol. The van der Waals surface area contributed by atoms with Gasteiger partial charge >= 0.3 is 5.97 Å². The summed E-state index contributed by atoms with van der Waals surface area (Å²) in [4.78, 5) is 35.7. The minimum atomic E-state index is -0.631. The van der Waals surface area contributed by atoms with Gasteiger partial charge in [-0.25, -0.2) is 0 Å². The van der Waals surface area contributed by atoms with Gasteiger partial charge in [0.15, 0.2) is 6.61 Å². The van der Waals surface area contributed by atoms with Crippen molar-refractivity contribution in [3.63, 3.8) is 0 Å². The third-order valence-electron chi connectivity index (χ3n) is 3.87. The zero-order chi connectivity index (χ0) is 20.7. The van der Waals surface area contributed by atoms with Gasteiger partial charge in [0.05, 0.1) is 17.1 Å². The zero-order valence-corrected chi connectivity index (χ0v) is 17.8. The lowest BCUT2D eigenvalue weighted by Gasteiger charge is -2.11. The molecule has 2 rings (SSSR count). The van der Waals surface area contributed by atoms with Crippen LogP contribution in [0.4, 0.5) is 11.4 Å². The molecule has 2 aromatic rings. The zero-order valence-electron chi connectivity index (χ0n) is 15.5. The van der Waals surface area contributed by atoms with E-state index in [0.29, 0.717) is 10.7 Å². The number of halogens is 2. The Bertz CT molecular complexity index is 882. The monoisotopic (exact) mass is 466 g/mol. The van der Waals surface area contributed by atoms with E-state index in [4.69, 9.17) is 16.3 Å². The largest absolute Gasteiger partial charge is 0.456 e. The number of hydrogen-bond donors (Lipinski definition) is 2. The average Bonchev–Trinajstić information content (AvgIpc) is 2.64. The van der Waals surface area contributed by atoms with Gasteiger partial charge in [-0.1, -0.05) is 45.7 Å². The van der Waals surface area contributed by atoms with Crippen LogP contribution in [0.1, 0.15) is 24.0 Å². The molecule has 0 unspecified atom stereocenters. The van der Waals surface area contributed by atoms with Crippen LogP contribution < -0.4 is 10.6 Å². The molecule has 0 aliphatic carbocycles. The summed E-state index contributed by atoms with van der Waals surface area (Å²) in [5.74, 6) is -1.44. The number of carbonyl (C=O) groups excluding carboxylic acids is 3. The molecule has 8 heteroatoms. The number of ether oxygens (including phenoxy) is 1. The van der Waals surface area contributed by atoms with Crippen LogP contribution in [-0.2, 0) is 19.1 Å². The summed E-state index contributed by atoms with van der Waals surface area (Å²) in [5, 5.41) is 5.71. The van der Waals surface area contributed by atoms with Crippen LogP contribution in [0.5, 0.6) is 0 Å². The van der Waals surface area contributed by atoms with Gasteiger partial charge in [0, 0.05) is 16.6 Å². The molecule has 28 heavy (non-hydrogen) atoms. The predicted octanol–water partition coefficient (Wildman–Crippen LogP) is 4.62. The first-order valence-corrected chi connectivity index (χ1v) is 9.70. The van der Waals surface area contributed by atoms with Crippen LogP contribution in [0, 0.1) is 13.8 Å². The molecule has 0 spiro atoms. The molecule has 0 aliphatic heterocycles. The van der Waals surface area contributed by atoms with Crippen molar-refractivity contribution in [1.82, 2.24) is 0 Å². The Kier molecular flexibility index (Phi) is 8.02. The number of amides is 2. The Labute approximate surface area is 176 Å². The van der Waals surface area contributed by atoms with Gasteiger partial charge in [-0.15, -0.1) is 0 Å². The number of anilines is 2. The number of esters is 1. The molecule has 2 aromatic carbocycles. The molecule has 2 amide bonds. The first kappa shape index (κ1) is 21.9. The summed E-state index contributed by atoms with van der Waals surface area (Å²) >= 11 is 9.28. The maximum atomic E-state index is 12.0. The normalized spacial score (nSPS) is 10.3. The van der Waals surface area contributed by atoms with E-state index in [9.17, 15) is 14.4 Å². The highest BCUT2D eigenvalue weighted by atomic mass is 79.9. The third-order valence-corrected chi connectivity index (χ3v) is 4.68. The molecule has 0 aliphatic rings. The second-order valence-electron chi connectivity index (χ2n) is 6.15. The van der Waals surface area contributed by atoms with Crippen LogP contribution in [0.2, 0.25) is 5.02 Å². The van der Waals surface area contributed by atoms with Crippen LogP contribution in [-0.4, -0.2) is 24.4 Å². The summed E-state index contributed by atoms with van der Waals surface area (Å²) in [6.45, 7) is 3.34. The van der Waals surface area contributed by atoms with Crippen molar-refractivity contribution in [3.05, 3.63) is 57.0 Å². The van der Waals surface area contributed by atoms with Gasteiger partial charge in [-0.05, 0) is 43.2 Å². The van der Waals surface area contributed by atoms with Gasteiger partial charge in [-0.2, -0.15) is 0 Å². The quantitative estimate of drug-likeness (QED) is 0.582. The average molecular weight is 468 g/mol. The molecule has 0 radical (unpaired) electrons. The van der Waals surface area contributed by atoms with Gasteiger partial charge in [-0.3, -0.25) is 14.4 Å². The second kappa shape index (κ2) is 10.2. The number of nitrogens with one attached hydrogen (secondary N) is 2. The summed E-state index contributed by atoms with van der Waals surface area (Å²) in [6.07, 6.45) is -0.157. The topological polar surface area (TPSA) is 84.5 Å². The fourth-order valence-electron chi connectivity index (χ4n) is 2.42. The van der Waals surface area contributed by atoms with Crippen molar-refractivity contribution in [2.45, 2.75) is 26.7 Å². The molecule has 0 bridgehead atoms. The Morgan fingerprint density at radius 2 is 1.68 bits per heavy atom. The van der Waals surface area contributed by atoms with Crippen molar-refractivity contribution in [1.29, 1.82) is 0 Å². The number of benzene rings is 2. The molecular formula is C20H20BrClN2O4. The van der Waals surface area contributed by atoms with Gasteiger partial charge in [0.2, 0.25) is 5.91 Å². The van der Waals surface area contributed by atoms with Crippen LogP contribution in [0.25, 0.3) is 0 Å². The van der Waals surface area contributed by atoms with E-state index in [1.807, 2.05) is 32.0 Å². The molecule has 0 atom stereocenters. The molecule has 2 N–H and O–H groups in total. The van der Waals surface area contributed by atoms with E-state index in [1.165, 1.54) is 0 Å². The first-order chi connectivity index (χ1) is 13.3. The first-order valence-electron chi connectivity index (χ1n) is 8.53. The van der Waals surface area contributed by atoms with Crippen LogP contribution in [0.3, 0.4) is 0 Å². The lowest BCUT2D eigenvalue weighted by molar-refractivity contribution is -0.147.